The van der Waals surface area contributed by atoms with E-state index in [9.17, 15) is 14.9 Å². The zero-order valence-corrected chi connectivity index (χ0v) is 15.0. The summed E-state index contributed by atoms with van der Waals surface area (Å²) in [4.78, 5) is 28.6. The molecule has 0 atom stereocenters. The van der Waals surface area contributed by atoms with Crippen molar-refractivity contribution < 1.29 is 9.72 Å². The van der Waals surface area contributed by atoms with Crippen molar-refractivity contribution in [2.75, 3.05) is 25.0 Å². The molecule has 6 nitrogen and oxygen atoms in total. The highest BCUT2D eigenvalue weighted by molar-refractivity contribution is 7.09. The Morgan fingerprint density at radius 1 is 1.28 bits per heavy atom. The minimum atomic E-state index is -0.448. The van der Waals surface area contributed by atoms with Gasteiger partial charge in [0, 0.05) is 37.1 Å². The predicted octanol–water partition coefficient (Wildman–Crippen LogP) is 3.92. The van der Waals surface area contributed by atoms with Crippen LogP contribution in [0.5, 0.6) is 0 Å². The van der Waals surface area contributed by atoms with E-state index in [1.807, 2.05) is 17.5 Å². The molecule has 0 spiro atoms. The van der Waals surface area contributed by atoms with Crippen LogP contribution in [0.4, 0.5) is 11.4 Å². The van der Waals surface area contributed by atoms with Crippen molar-refractivity contribution in [3.63, 3.8) is 0 Å². The quantitative estimate of drug-likeness (QED) is 0.599. The maximum atomic E-state index is 13.0. The Labute approximate surface area is 150 Å². The van der Waals surface area contributed by atoms with Gasteiger partial charge in [0.1, 0.15) is 0 Å². The third-order valence-electron chi connectivity index (χ3n) is 4.44. The highest BCUT2D eigenvalue weighted by atomic mass is 32.1. The molecule has 1 saturated heterocycles. The van der Waals surface area contributed by atoms with Crippen molar-refractivity contribution in [3.8, 4) is 0 Å². The van der Waals surface area contributed by atoms with Crippen LogP contribution in [0.1, 0.15) is 34.5 Å². The number of carbonyl (C=O) groups excluding carboxylic acids is 1. The fourth-order valence-corrected chi connectivity index (χ4v) is 3.89. The highest BCUT2D eigenvalue weighted by Gasteiger charge is 2.24. The number of nitro groups is 1. The molecule has 2 aromatic rings. The van der Waals surface area contributed by atoms with E-state index in [1.165, 1.54) is 18.6 Å². The second kappa shape index (κ2) is 7.65. The van der Waals surface area contributed by atoms with Crippen LogP contribution < -0.4 is 4.90 Å². The Morgan fingerprint density at radius 3 is 2.68 bits per heavy atom. The van der Waals surface area contributed by atoms with Crippen LogP contribution in [0.15, 0.2) is 35.7 Å². The van der Waals surface area contributed by atoms with E-state index in [1.54, 1.807) is 29.4 Å². The van der Waals surface area contributed by atoms with Gasteiger partial charge in [-0.15, -0.1) is 11.3 Å². The molecule has 1 aromatic heterocycles. The third kappa shape index (κ3) is 3.99. The van der Waals surface area contributed by atoms with Crippen LogP contribution in [0.25, 0.3) is 0 Å². The first-order chi connectivity index (χ1) is 12.1. The maximum Gasteiger partial charge on any atom is 0.270 e. The van der Waals surface area contributed by atoms with Crippen molar-refractivity contribution in [1.29, 1.82) is 0 Å². The number of thiophene rings is 1. The largest absolute Gasteiger partial charge is 0.371 e. The number of hydrogen-bond donors (Lipinski definition) is 0. The zero-order chi connectivity index (χ0) is 17.8. The molecule has 0 aliphatic carbocycles. The van der Waals surface area contributed by atoms with Gasteiger partial charge in [0.25, 0.3) is 11.6 Å². The van der Waals surface area contributed by atoms with E-state index in [0.717, 1.165) is 36.5 Å². The number of nitro benzene ring substituents is 1. The predicted molar refractivity (Wildman–Crippen MR) is 99.3 cm³/mol. The molecular formula is C18H21N3O3S. The first-order valence-electron chi connectivity index (χ1n) is 8.37. The number of piperidine rings is 1. The molecule has 7 heteroatoms. The summed E-state index contributed by atoms with van der Waals surface area (Å²) in [6, 6.07) is 8.55. The first kappa shape index (κ1) is 17.4. The number of rotatable bonds is 5. The Kier molecular flexibility index (Phi) is 5.33. The van der Waals surface area contributed by atoms with E-state index < -0.39 is 4.92 Å². The van der Waals surface area contributed by atoms with E-state index >= 15 is 0 Å². The fraction of sp³-hybridized carbons (Fsp3) is 0.389. The SMILES string of the molecule is CN(Cc1cccs1)C(=O)c1cc([N+](=O)[O-])ccc1N1CCCCC1. The lowest BCUT2D eigenvalue weighted by molar-refractivity contribution is -0.384. The summed E-state index contributed by atoms with van der Waals surface area (Å²) >= 11 is 1.59. The van der Waals surface area contributed by atoms with Crippen molar-refractivity contribution in [3.05, 3.63) is 56.3 Å². The second-order valence-corrected chi connectivity index (χ2v) is 7.28. The summed E-state index contributed by atoms with van der Waals surface area (Å²) < 4.78 is 0. The average molecular weight is 359 g/mol. The maximum absolute atomic E-state index is 13.0. The van der Waals surface area contributed by atoms with Crippen LogP contribution in [-0.2, 0) is 6.54 Å². The molecule has 1 aliphatic rings. The van der Waals surface area contributed by atoms with Gasteiger partial charge in [-0.05, 0) is 36.8 Å². The van der Waals surface area contributed by atoms with Crippen molar-refractivity contribution in [2.45, 2.75) is 25.8 Å². The summed E-state index contributed by atoms with van der Waals surface area (Å²) in [5.74, 6) is -0.183. The van der Waals surface area contributed by atoms with Gasteiger partial charge >= 0.3 is 0 Å². The summed E-state index contributed by atoms with van der Waals surface area (Å²) in [7, 11) is 1.74. The van der Waals surface area contributed by atoms with E-state index in [-0.39, 0.29) is 11.6 Å². The van der Waals surface area contributed by atoms with Crippen molar-refractivity contribution in [1.82, 2.24) is 4.90 Å². The van der Waals surface area contributed by atoms with Crippen LogP contribution >= 0.6 is 11.3 Å². The molecule has 3 rings (SSSR count). The second-order valence-electron chi connectivity index (χ2n) is 6.25. The lowest BCUT2D eigenvalue weighted by Gasteiger charge is -2.31. The van der Waals surface area contributed by atoms with Gasteiger partial charge in [0.15, 0.2) is 0 Å². The molecule has 0 saturated carbocycles. The number of nitrogens with zero attached hydrogens (tertiary/aromatic N) is 3. The lowest BCUT2D eigenvalue weighted by Crippen LogP contribution is -2.33. The Hall–Kier alpha value is -2.41. The molecule has 0 N–H and O–H groups in total. The summed E-state index contributed by atoms with van der Waals surface area (Å²) in [5, 5.41) is 13.1. The van der Waals surface area contributed by atoms with E-state index in [2.05, 4.69) is 4.90 Å². The van der Waals surface area contributed by atoms with Crippen LogP contribution in [0.2, 0.25) is 0 Å². The molecular weight excluding hydrogens is 338 g/mol. The monoisotopic (exact) mass is 359 g/mol. The minimum absolute atomic E-state index is 0.0476. The average Bonchev–Trinajstić information content (AvgIpc) is 3.14. The van der Waals surface area contributed by atoms with Gasteiger partial charge in [0.05, 0.1) is 22.7 Å². The van der Waals surface area contributed by atoms with Crippen LogP contribution in [0.3, 0.4) is 0 Å². The summed E-state index contributed by atoms with van der Waals surface area (Å²) in [6.45, 7) is 2.26. The standard InChI is InChI=1S/C18H21N3O3S/c1-19(13-15-6-5-11-25-15)18(22)16-12-14(21(23)24)7-8-17(16)20-9-3-2-4-10-20/h5-8,11-12H,2-4,9-10,13H2,1H3. The molecule has 1 amide bonds. The number of hydrogen-bond acceptors (Lipinski definition) is 5. The number of benzene rings is 1. The molecule has 132 valence electrons. The Bertz CT molecular complexity index is 755. The van der Waals surface area contributed by atoms with Gasteiger partial charge in [0.2, 0.25) is 0 Å². The summed E-state index contributed by atoms with van der Waals surface area (Å²) in [6.07, 6.45) is 3.34. The number of non-ortho nitro benzene ring substituents is 1. The number of carbonyl (C=O) groups is 1. The Morgan fingerprint density at radius 2 is 2.04 bits per heavy atom. The molecule has 1 fully saturated rings. The van der Waals surface area contributed by atoms with Gasteiger partial charge in [-0.1, -0.05) is 6.07 Å². The molecule has 25 heavy (non-hydrogen) atoms. The topological polar surface area (TPSA) is 66.7 Å². The van der Waals surface area contributed by atoms with E-state index in [0.29, 0.717) is 12.1 Å². The molecule has 0 unspecified atom stereocenters. The lowest BCUT2D eigenvalue weighted by atomic mass is 10.1. The first-order valence-corrected chi connectivity index (χ1v) is 9.25. The third-order valence-corrected chi connectivity index (χ3v) is 5.30. The van der Waals surface area contributed by atoms with Crippen molar-refractivity contribution >= 4 is 28.6 Å². The minimum Gasteiger partial charge on any atom is -0.371 e. The normalized spacial score (nSPS) is 14.4. The summed E-state index contributed by atoms with van der Waals surface area (Å²) in [5.41, 5.74) is 1.16. The molecule has 1 aliphatic heterocycles. The molecule has 0 radical (unpaired) electrons. The molecule has 0 bridgehead atoms. The Balaban J connectivity index is 1.91. The van der Waals surface area contributed by atoms with Gasteiger partial charge in [-0.2, -0.15) is 0 Å². The van der Waals surface area contributed by atoms with Gasteiger partial charge in [-0.25, -0.2) is 0 Å². The zero-order valence-electron chi connectivity index (χ0n) is 14.2. The fourth-order valence-electron chi connectivity index (χ4n) is 3.13. The van der Waals surface area contributed by atoms with Gasteiger partial charge < -0.3 is 9.80 Å². The number of anilines is 1. The van der Waals surface area contributed by atoms with Crippen LogP contribution in [-0.4, -0.2) is 35.9 Å². The number of amides is 1. The molecule has 1 aromatic carbocycles. The smallest absolute Gasteiger partial charge is 0.270 e. The highest BCUT2D eigenvalue weighted by Crippen LogP contribution is 2.29. The van der Waals surface area contributed by atoms with E-state index in [4.69, 9.17) is 0 Å². The van der Waals surface area contributed by atoms with Crippen molar-refractivity contribution in [2.24, 2.45) is 0 Å². The van der Waals surface area contributed by atoms with Crippen LogP contribution in [0, 0.1) is 10.1 Å². The molecule has 2 heterocycles. The van der Waals surface area contributed by atoms with Gasteiger partial charge in [-0.3, -0.25) is 14.9 Å².